The van der Waals surface area contributed by atoms with Crippen molar-refractivity contribution in [2.24, 2.45) is 0 Å². The first-order chi connectivity index (χ1) is 6.83. The molecule has 2 aromatic rings. The number of nitrogens with zero attached hydrogens (tertiary/aromatic N) is 1. The molecule has 0 bridgehead atoms. The minimum absolute atomic E-state index is 0.589. The summed E-state index contributed by atoms with van der Waals surface area (Å²) in [5.74, 6) is 2.14. The Balaban J connectivity index is 2.26. The zero-order chi connectivity index (χ0) is 9.54. The van der Waals surface area contributed by atoms with E-state index in [4.69, 9.17) is 13.9 Å². The average Bonchev–Trinajstić information content (AvgIpc) is 2.53. The molecule has 1 aliphatic rings. The zero-order valence-corrected chi connectivity index (χ0v) is 7.74. The first-order valence-corrected chi connectivity index (χ1v) is 4.50. The maximum Gasteiger partial charge on any atom is 0.192 e. The van der Waals surface area contributed by atoms with Gasteiger partial charge in [-0.3, -0.25) is 0 Å². The molecule has 0 spiro atoms. The largest absolute Gasteiger partial charge is 0.486 e. The van der Waals surface area contributed by atoms with Crippen LogP contribution in [0.5, 0.6) is 11.5 Å². The van der Waals surface area contributed by atoms with Crippen LogP contribution in [0.15, 0.2) is 16.5 Å². The number of benzene rings is 1. The van der Waals surface area contributed by atoms with E-state index < -0.39 is 0 Å². The van der Waals surface area contributed by atoms with E-state index in [0.717, 1.165) is 22.6 Å². The summed E-state index contributed by atoms with van der Waals surface area (Å²) < 4.78 is 16.2. The van der Waals surface area contributed by atoms with Gasteiger partial charge in [-0.2, -0.15) is 0 Å². The van der Waals surface area contributed by atoms with Crippen molar-refractivity contribution in [2.75, 3.05) is 13.2 Å². The van der Waals surface area contributed by atoms with Crippen molar-refractivity contribution in [1.29, 1.82) is 0 Å². The molecule has 0 N–H and O–H groups in total. The zero-order valence-electron chi connectivity index (χ0n) is 7.74. The Bertz CT molecular complexity index is 446. The number of ether oxygens (including phenoxy) is 2. The second-order valence-electron chi connectivity index (χ2n) is 3.20. The van der Waals surface area contributed by atoms with Gasteiger partial charge in [0.15, 0.2) is 23.0 Å². The summed E-state index contributed by atoms with van der Waals surface area (Å²) >= 11 is 0. The molecule has 14 heavy (non-hydrogen) atoms. The second-order valence-corrected chi connectivity index (χ2v) is 3.20. The lowest BCUT2D eigenvalue weighted by atomic mass is 10.2. The molecule has 1 aromatic carbocycles. The molecule has 72 valence electrons. The third-order valence-corrected chi connectivity index (χ3v) is 2.16. The fraction of sp³-hybridized carbons (Fsp3) is 0.300. The molecule has 2 heterocycles. The van der Waals surface area contributed by atoms with Gasteiger partial charge in [0.05, 0.1) is 0 Å². The van der Waals surface area contributed by atoms with Crippen LogP contribution in [0.3, 0.4) is 0 Å². The summed E-state index contributed by atoms with van der Waals surface area (Å²) in [6, 6.07) is 3.67. The third-order valence-electron chi connectivity index (χ3n) is 2.16. The molecule has 4 nitrogen and oxygen atoms in total. The van der Waals surface area contributed by atoms with Crippen LogP contribution in [-0.4, -0.2) is 18.2 Å². The fourth-order valence-electron chi connectivity index (χ4n) is 1.58. The Morgan fingerprint density at radius 2 is 1.86 bits per heavy atom. The highest BCUT2D eigenvalue weighted by molar-refractivity contribution is 5.77. The third kappa shape index (κ3) is 1.04. The Kier molecular flexibility index (Phi) is 1.45. The van der Waals surface area contributed by atoms with Crippen LogP contribution in [0.2, 0.25) is 0 Å². The van der Waals surface area contributed by atoms with Crippen LogP contribution < -0.4 is 9.47 Å². The monoisotopic (exact) mass is 191 g/mol. The van der Waals surface area contributed by atoms with Crippen molar-refractivity contribution in [2.45, 2.75) is 6.92 Å². The van der Waals surface area contributed by atoms with Gasteiger partial charge in [0.25, 0.3) is 0 Å². The quantitative estimate of drug-likeness (QED) is 0.638. The second kappa shape index (κ2) is 2.64. The molecular formula is C10H9NO3. The Hall–Kier alpha value is -1.71. The van der Waals surface area contributed by atoms with Crippen LogP contribution in [0.25, 0.3) is 11.1 Å². The van der Waals surface area contributed by atoms with E-state index in [1.54, 1.807) is 0 Å². The van der Waals surface area contributed by atoms with Crippen molar-refractivity contribution in [3.8, 4) is 11.5 Å². The number of hydrogen-bond donors (Lipinski definition) is 0. The summed E-state index contributed by atoms with van der Waals surface area (Å²) in [4.78, 5) is 4.22. The lowest BCUT2D eigenvalue weighted by Crippen LogP contribution is -2.15. The minimum Gasteiger partial charge on any atom is -0.486 e. The maximum atomic E-state index is 5.43. The van der Waals surface area contributed by atoms with E-state index in [0.29, 0.717) is 19.1 Å². The van der Waals surface area contributed by atoms with Gasteiger partial charge in [-0.15, -0.1) is 0 Å². The summed E-state index contributed by atoms with van der Waals surface area (Å²) in [5.41, 5.74) is 1.55. The van der Waals surface area contributed by atoms with E-state index in [1.807, 2.05) is 19.1 Å². The Labute approximate surface area is 80.4 Å². The lowest BCUT2D eigenvalue weighted by molar-refractivity contribution is 0.172. The SMILES string of the molecule is Cc1nc2cc3c(cc2o1)OCCO3. The molecule has 1 aromatic heterocycles. The van der Waals surface area contributed by atoms with E-state index in [1.165, 1.54) is 0 Å². The van der Waals surface area contributed by atoms with E-state index in [-0.39, 0.29) is 0 Å². The van der Waals surface area contributed by atoms with Crippen molar-refractivity contribution in [3.05, 3.63) is 18.0 Å². The van der Waals surface area contributed by atoms with Crippen molar-refractivity contribution >= 4 is 11.1 Å². The summed E-state index contributed by atoms with van der Waals surface area (Å²) in [5, 5.41) is 0. The van der Waals surface area contributed by atoms with Crippen LogP contribution >= 0.6 is 0 Å². The Morgan fingerprint density at radius 3 is 2.64 bits per heavy atom. The molecule has 0 aliphatic carbocycles. The van der Waals surface area contributed by atoms with Crippen LogP contribution in [-0.2, 0) is 0 Å². The highest BCUT2D eigenvalue weighted by atomic mass is 16.6. The molecule has 4 heteroatoms. The van der Waals surface area contributed by atoms with Gasteiger partial charge in [-0.1, -0.05) is 0 Å². The summed E-state index contributed by atoms with van der Waals surface area (Å²) in [6.45, 7) is 3.00. The standard InChI is InChI=1S/C10H9NO3/c1-6-11-7-4-9-10(5-8(7)14-6)13-3-2-12-9/h4-5H,2-3H2,1H3. The first-order valence-electron chi connectivity index (χ1n) is 4.50. The number of rotatable bonds is 0. The van der Waals surface area contributed by atoms with E-state index in [2.05, 4.69) is 4.98 Å². The van der Waals surface area contributed by atoms with Crippen LogP contribution in [0.4, 0.5) is 0 Å². The predicted octanol–water partition coefficient (Wildman–Crippen LogP) is 1.91. The summed E-state index contributed by atoms with van der Waals surface area (Å²) in [6.07, 6.45) is 0. The number of fused-ring (bicyclic) bond motifs is 2. The average molecular weight is 191 g/mol. The van der Waals surface area contributed by atoms with Crippen molar-refractivity contribution < 1.29 is 13.9 Å². The topological polar surface area (TPSA) is 44.5 Å². The van der Waals surface area contributed by atoms with E-state index in [9.17, 15) is 0 Å². The first kappa shape index (κ1) is 7.67. The number of aryl methyl sites for hydroxylation is 1. The van der Waals surface area contributed by atoms with Gasteiger partial charge in [-0.25, -0.2) is 4.98 Å². The molecule has 0 atom stereocenters. The highest BCUT2D eigenvalue weighted by Gasteiger charge is 2.14. The molecule has 0 saturated heterocycles. The van der Waals surface area contributed by atoms with Gasteiger partial charge in [0.1, 0.15) is 18.7 Å². The Morgan fingerprint density at radius 1 is 1.14 bits per heavy atom. The van der Waals surface area contributed by atoms with E-state index >= 15 is 0 Å². The lowest BCUT2D eigenvalue weighted by Gasteiger charge is -2.17. The van der Waals surface area contributed by atoms with Gasteiger partial charge < -0.3 is 13.9 Å². The van der Waals surface area contributed by atoms with Crippen molar-refractivity contribution in [1.82, 2.24) is 4.98 Å². The molecule has 0 amide bonds. The highest BCUT2D eigenvalue weighted by Crippen LogP contribution is 2.34. The molecule has 1 aliphatic heterocycles. The van der Waals surface area contributed by atoms with Crippen LogP contribution in [0, 0.1) is 6.92 Å². The molecule has 0 unspecified atom stereocenters. The number of oxazole rings is 1. The minimum atomic E-state index is 0.589. The van der Waals surface area contributed by atoms with Crippen LogP contribution in [0.1, 0.15) is 5.89 Å². The van der Waals surface area contributed by atoms with Gasteiger partial charge in [0.2, 0.25) is 0 Å². The fourth-order valence-corrected chi connectivity index (χ4v) is 1.58. The molecular weight excluding hydrogens is 182 g/mol. The molecule has 0 radical (unpaired) electrons. The van der Waals surface area contributed by atoms with Gasteiger partial charge in [0, 0.05) is 19.1 Å². The number of hydrogen-bond acceptors (Lipinski definition) is 4. The van der Waals surface area contributed by atoms with Crippen molar-refractivity contribution in [3.63, 3.8) is 0 Å². The number of aromatic nitrogens is 1. The molecule has 0 fully saturated rings. The normalized spacial score (nSPS) is 14.6. The predicted molar refractivity (Wildman–Crippen MR) is 49.7 cm³/mol. The molecule has 3 rings (SSSR count). The van der Waals surface area contributed by atoms with Gasteiger partial charge >= 0.3 is 0 Å². The molecule has 0 saturated carbocycles. The smallest absolute Gasteiger partial charge is 0.192 e. The maximum absolute atomic E-state index is 5.43. The van der Waals surface area contributed by atoms with Gasteiger partial charge in [-0.05, 0) is 0 Å². The summed E-state index contributed by atoms with van der Waals surface area (Å²) in [7, 11) is 0.